The van der Waals surface area contributed by atoms with Gasteiger partial charge < -0.3 is 4.74 Å². The fraction of sp³-hybridized carbons (Fsp3) is 0.273. The number of aryl methyl sites for hydroxylation is 1. The molecule has 0 spiro atoms. The van der Waals surface area contributed by atoms with E-state index in [1.165, 1.54) is 15.0 Å². The van der Waals surface area contributed by atoms with Crippen molar-refractivity contribution in [2.45, 2.75) is 13.8 Å². The van der Waals surface area contributed by atoms with Crippen molar-refractivity contribution in [1.82, 2.24) is 0 Å². The third-order valence-electron chi connectivity index (χ3n) is 1.97. The van der Waals surface area contributed by atoms with Crippen molar-refractivity contribution >= 4 is 37.4 Å². The van der Waals surface area contributed by atoms with Crippen LogP contribution < -0.4 is 4.74 Å². The Morgan fingerprint density at radius 2 is 2.14 bits per heavy atom. The normalized spacial score (nSPS) is 10.8. The highest BCUT2D eigenvalue weighted by Gasteiger charge is 2.06. The zero-order chi connectivity index (χ0) is 10.1. The van der Waals surface area contributed by atoms with Gasteiger partial charge in [0.2, 0.25) is 0 Å². The summed E-state index contributed by atoms with van der Waals surface area (Å²) in [5.74, 6) is 0.981. The van der Waals surface area contributed by atoms with Crippen molar-refractivity contribution in [2.24, 2.45) is 0 Å². The van der Waals surface area contributed by atoms with Gasteiger partial charge in [0, 0.05) is 9.35 Å². The van der Waals surface area contributed by atoms with Gasteiger partial charge >= 0.3 is 0 Å². The summed E-state index contributed by atoms with van der Waals surface area (Å²) in [6.07, 6.45) is 0. The first-order chi connectivity index (χ1) is 6.70. The summed E-state index contributed by atoms with van der Waals surface area (Å²) in [4.78, 5) is 1.32. The smallest absolute Gasteiger partial charge is 0.138 e. The van der Waals surface area contributed by atoms with Crippen LogP contribution in [0.4, 0.5) is 0 Å². The molecule has 0 fully saturated rings. The lowest BCUT2D eigenvalue weighted by Crippen LogP contribution is -1.90. The SMILES string of the molecule is CCOc1cc(Br)cc2cc(C)sc12. The summed E-state index contributed by atoms with van der Waals surface area (Å²) in [6, 6.07) is 6.34. The first-order valence-corrected chi connectivity index (χ1v) is 6.14. The highest BCUT2D eigenvalue weighted by molar-refractivity contribution is 9.10. The number of ether oxygens (including phenoxy) is 1. The monoisotopic (exact) mass is 270 g/mol. The summed E-state index contributed by atoms with van der Waals surface area (Å²) in [6.45, 7) is 4.84. The van der Waals surface area contributed by atoms with Crippen LogP contribution in [0.15, 0.2) is 22.7 Å². The molecule has 2 rings (SSSR count). The molecule has 2 aromatic rings. The van der Waals surface area contributed by atoms with Crippen LogP contribution >= 0.6 is 27.3 Å². The van der Waals surface area contributed by atoms with Crippen molar-refractivity contribution in [3.8, 4) is 5.75 Å². The van der Waals surface area contributed by atoms with E-state index in [0.717, 1.165) is 10.2 Å². The number of hydrogen-bond acceptors (Lipinski definition) is 2. The number of halogens is 1. The molecule has 14 heavy (non-hydrogen) atoms. The predicted molar refractivity (Wildman–Crippen MR) is 65.4 cm³/mol. The molecule has 1 heterocycles. The minimum atomic E-state index is 0.711. The van der Waals surface area contributed by atoms with Crippen LogP contribution in [-0.2, 0) is 0 Å². The van der Waals surface area contributed by atoms with E-state index in [0.29, 0.717) is 6.61 Å². The van der Waals surface area contributed by atoms with Crippen LogP contribution in [0.2, 0.25) is 0 Å². The lowest BCUT2D eigenvalue weighted by atomic mass is 10.2. The molecule has 3 heteroatoms. The van der Waals surface area contributed by atoms with E-state index in [2.05, 4.69) is 35.0 Å². The first-order valence-electron chi connectivity index (χ1n) is 4.53. The topological polar surface area (TPSA) is 9.23 Å². The Morgan fingerprint density at radius 3 is 2.86 bits per heavy atom. The summed E-state index contributed by atoms with van der Waals surface area (Å²) >= 11 is 5.27. The van der Waals surface area contributed by atoms with E-state index < -0.39 is 0 Å². The largest absolute Gasteiger partial charge is 0.492 e. The maximum absolute atomic E-state index is 5.59. The lowest BCUT2D eigenvalue weighted by molar-refractivity contribution is 0.344. The molecule has 0 saturated carbocycles. The van der Waals surface area contributed by atoms with Crippen molar-refractivity contribution < 1.29 is 4.74 Å². The van der Waals surface area contributed by atoms with Gasteiger partial charge in [-0.1, -0.05) is 15.9 Å². The molecule has 1 aromatic carbocycles. The molecule has 74 valence electrons. The summed E-state index contributed by atoms with van der Waals surface area (Å²) in [5, 5.41) is 1.25. The number of fused-ring (bicyclic) bond motifs is 1. The van der Waals surface area contributed by atoms with Gasteiger partial charge in [-0.2, -0.15) is 0 Å². The molecule has 0 amide bonds. The standard InChI is InChI=1S/C11H11BrOS/c1-3-13-10-6-9(12)5-8-4-7(2)14-11(8)10/h4-6H,3H2,1-2H3. The quantitative estimate of drug-likeness (QED) is 0.788. The molecule has 1 nitrogen and oxygen atoms in total. The number of benzene rings is 1. The molecule has 0 saturated heterocycles. The Kier molecular flexibility index (Phi) is 2.79. The van der Waals surface area contributed by atoms with Gasteiger partial charge in [0.15, 0.2) is 0 Å². The van der Waals surface area contributed by atoms with Crippen LogP contribution in [0, 0.1) is 6.92 Å². The van der Waals surface area contributed by atoms with E-state index in [4.69, 9.17) is 4.74 Å². The molecule has 0 aliphatic heterocycles. The predicted octanol–water partition coefficient (Wildman–Crippen LogP) is 4.37. The fourth-order valence-corrected chi connectivity index (χ4v) is 2.89. The summed E-state index contributed by atoms with van der Waals surface area (Å²) in [7, 11) is 0. The zero-order valence-corrected chi connectivity index (χ0v) is 10.5. The van der Waals surface area contributed by atoms with Gasteiger partial charge in [-0.05, 0) is 37.4 Å². The van der Waals surface area contributed by atoms with Gasteiger partial charge in [-0.15, -0.1) is 11.3 Å². The average molecular weight is 271 g/mol. The fourth-order valence-electron chi connectivity index (χ4n) is 1.48. The van der Waals surface area contributed by atoms with Gasteiger partial charge in [0.1, 0.15) is 5.75 Å². The highest BCUT2D eigenvalue weighted by Crippen LogP contribution is 2.36. The zero-order valence-electron chi connectivity index (χ0n) is 8.13. The number of rotatable bonds is 2. The Hall–Kier alpha value is -0.540. The second kappa shape index (κ2) is 3.91. The Balaban J connectivity index is 2.66. The van der Waals surface area contributed by atoms with Crippen molar-refractivity contribution in [3.63, 3.8) is 0 Å². The molecule has 0 N–H and O–H groups in total. The third-order valence-corrected chi connectivity index (χ3v) is 3.51. The van der Waals surface area contributed by atoms with Crippen LogP contribution in [0.5, 0.6) is 5.75 Å². The van der Waals surface area contributed by atoms with E-state index in [1.807, 2.05) is 13.0 Å². The molecule has 0 aliphatic rings. The second-order valence-corrected chi connectivity index (χ2v) is 5.28. The summed E-state index contributed by atoms with van der Waals surface area (Å²) < 4.78 is 7.91. The van der Waals surface area contributed by atoms with E-state index in [-0.39, 0.29) is 0 Å². The van der Waals surface area contributed by atoms with Gasteiger partial charge in [-0.3, -0.25) is 0 Å². The minimum absolute atomic E-state index is 0.711. The van der Waals surface area contributed by atoms with Crippen molar-refractivity contribution in [2.75, 3.05) is 6.61 Å². The molecule has 0 atom stereocenters. The molecule has 0 radical (unpaired) electrons. The first kappa shape index (κ1) is 9.99. The van der Waals surface area contributed by atoms with E-state index in [1.54, 1.807) is 11.3 Å². The molecule has 1 aromatic heterocycles. The van der Waals surface area contributed by atoms with E-state index in [9.17, 15) is 0 Å². The van der Waals surface area contributed by atoms with Gasteiger partial charge in [0.05, 0.1) is 11.3 Å². The van der Waals surface area contributed by atoms with Crippen molar-refractivity contribution in [3.05, 3.63) is 27.5 Å². The Bertz CT molecular complexity index is 462. The number of thiophene rings is 1. The van der Waals surface area contributed by atoms with Crippen molar-refractivity contribution in [1.29, 1.82) is 0 Å². The minimum Gasteiger partial charge on any atom is -0.492 e. The third kappa shape index (κ3) is 1.79. The molecular weight excluding hydrogens is 260 g/mol. The van der Waals surface area contributed by atoms with Crippen LogP contribution in [0.25, 0.3) is 10.1 Å². The molecular formula is C11H11BrOS. The molecule has 0 bridgehead atoms. The van der Waals surface area contributed by atoms with Crippen LogP contribution in [-0.4, -0.2) is 6.61 Å². The average Bonchev–Trinajstić information content (AvgIpc) is 2.45. The highest BCUT2D eigenvalue weighted by atomic mass is 79.9. The van der Waals surface area contributed by atoms with Crippen LogP contribution in [0.3, 0.4) is 0 Å². The van der Waals surface area contributed by atoms with Gasteiger partial charge in [0.25, 0.3) is 0 Å². The van der Waals surface area contributed by atoms with Gasteiger partial charge in [-0.25, -0.2) is 0 Å². The second-order valence-electron chi connectivity index (χ2n) is 3.11. The maximum atomic E-state index is 5.59. The maximum Gasteiger partial charge on any atom is 0.138 e. The summed E-state index contributed by atoms with van der Waals surface area (Å²) in [5.41, 5.74) is 0. The Labute approximate surface area is 95.8 Å². The van der Waals surface area contributed by atoms with E-state index >= 15 is 0 Å². The lowest BCUT2D eigenvalue weighted by Gasteiger charge is -2.04. The Morgan fingerprint density at radius 1 is 1.36 bits per heavy atom. The molecule has 0 aliphatic carbocycles. The van der Waals surface area contributed by atoms with Crippen LogP contribution in [0.1, 0.15) is 11.8 Å². The molecule has 0 unspecified atom stereocenters. The number of hydrogen-bond donors (Lipinski definition) is 0.